The lowest BCUT2D eigenvalue weighted by Gasteiger charge is -2.31. The maximum atomic E-state index is 13.3. The van der Waals surface area contributed by atoms with E-state index in [1.54, 1.807) is 36.6 Å². The van der Waals surface area contributed by atoms with Gasteiger partial charge >= 0.3 is 0 Å². The number of nitrogens with zero attached hydrogens (tertiary/aromatic N) is 2. The van der Waals surface area contributed by atoms with Crippen LogP contribution in [-0.4, -0.2) is 46.0 Å². The molecule has 2 aromatic carbocycles. The van der Waals surface area contributed by atoms with Gasteiger partial charge in [-0.3, -0.25) is 0 Å². The third kappa shape index (κ3) is 4.87. The molecule has 0 spiro atoms. The Morgan fingerprint density at radius 1 is 1.06 bits per heavy atom. The normalized spacial score (nSPS) is 15.0. The SMILES string of the molecule is COc1ccc(S(=O)(=O)C2CCN(c3nc(Cc4c(C)cccc4C)cs3)CC2)c(OC)c1. The molecule has 0 unspecified atom stereocenters. The zero-order valence-electron chi connectivity index (χ0n) is 19.5. The number of methoxy groups -OCH3 is 2. The van der Waals surface area contributed by atoms with Crippen molar-refractivity contribution in [2.24, 2.45) is 0 Å². The van der Waals surface area contributed by atoms with Crippen LogP contribution in [0, 0.1) is 13.8 Å². The van der Waals surface area contributed by atoms with Crippen molar-refractivity contribution >= 4 is 26.3 Å². The van der Waals surface area contributed by atoms with Gasteiger partial charge in [0.05, 0.1) is 25.2 Å². The van der Waals surface area contributed by atoms with Gasteiger partial charge in [0.2, 0.25) is 0 Å². The topological polar surface area (TPSA) is 68.7 Å². The first-order chi connectivity index (χ1) is 15.8. The Labute approximate surface area is 200 Å². The molecule has 0 bridgehead atoms. The lowest BCUT2D eigenvalue weighted by molar-refractivity contribution is 0.385. The van der Waals surface area contributed by atoms with Crippen LogP contribution in [0.25, 0.3) is 0 Å². The van der Waals surface area contributed by atoms with Gasteiger partial charge in [-0.2, -0.15) is 0 Å². The molecular weight excluding hydrogens is 456 g/mol. The van der Waals surface area contributed by atoms with Crippen LogP contribution < -0.4 is 14.4 Å². The molecule has 3 aromatic rings. The maximum absolute atomic E-state index is 13.3. The zero-order chi connectivity index (χ0) is 23.6. The summed E-state index contributed by atoms with van der Waals surface area (Å²) >= 11 is 1.63. The highest BCUT2D eigenvalue weighted by atomic mass is 32.2. The molecule has 0 radical (unpaired) electrons. The first-order valence-corrected chi connectivity index (χ1v) is 13.5. The minimum Gasteiger partial charge on any atom is -0.497 e. The number of ether oxygens (including phenoxy) is 2. The molecule has 4 rings (SSSR count). The van der Waals surface area contributed by atoms with Crippen molar-refractivity contribution in [3.63, 3.8) is 0 Å². The van der Waals surface area contributed by atoms with E-state index in [0.717, 1.165) is 17.2 Å². The van der Waals surface area contributed by atoms with Crippen LogP contribution in [0.1, 0.15) is 35.2 Å². The van der Waals surface area contributed by atoms with E-state index in [2.05, 4.69) is 42.3 Å². The summed E-state index contributed by atoms with van der Waals surface area (Å²) in [4.78, 5) is 7.30. The number of aromatic nitrogens is 1. The second kappa shape index (κ2) is 9.73. The molecule has 1 aliphatic rings. The zero-order valence-corrected chi connectivity index (χ0v) is 21.1. The summed E-state index contributed by atoms with van der Waals surface area (Å²) in [6.07, 6.45) is 1.93. The highest BCUT2D eigenvalue weighted by Gasteiger charge is 2.34. The Kier molecular flexibility index (Phi) is 6.95. The lowest BCUT2D eigenvalue weighted by atomic mass is 9.99. The van der Waals surface area contributed by atoms with Crippen LogP contribution in [0.15, 0.2) is 46.7 Å². The van der Waals surface area contributed by atoms with Crippen molar-refractivity contribution in [2.45, 2.75) is 43.3 Å². The maximum Gasteiger partial charge on any atom is 0.185 e. The average molecular weight is 487 g/mol. The quantitative estimate of drug-likeness (QED) is 0.477. The number of piperidine rings is 1. The van der Waals surface area contributed by atoms with E-state index in [0.29, 0.717) is 37.4 Å². The van der Waals surface area contributed by atoms with Crippen LogP contribution in [0.5, 0.6) is 11.5 Å². The number of sulfone groups is 1. The number of benzene rings is 2. The standard InChI is InChI=1S/C25H30N2O4S2/c1-17-6-5-7-18(2)22(17)14-19-16-32-25(26-19)27-12-10-21(11-13-27)33(28,29)24-9-8-20(30-3)15-23(24)31-4/h5-9,15-16,21H,10-14H2,1-4H3. The fourth-order valence-electron chi connectivity index (χ4n) is 4.38. The smallest absolute Gasteiger partial charge is 0.185 e. The van der Waals surface area contributed by atoms with E-state index in [1.807, 2.05) is 0 Å². The average Bonchev–Trinajstić information content (AvgIpc) is 3.30. The van der Waals surface area contributed by atoms with Crippen molar-refractivity contribution in [1.82, 2.24) is 4.98 Å². The first-order valence-electron chi connectivity index (χ1n) is 11.0. The van der Waals surface area contributed by atoms with E-state index in [1.165, 1.54) is 23.8 Å². The predicted molar refractivity (Wildman–Crippen MR) is 133 cm³/mol. The van der Waals surface area contributed by atoms with Crippen LogP contribution >= 0.6 is 11.3 Å². The molecule has 2 heterocycles. The minimum absolute atomic E-state index is 0.231. The van der Waals surface area contributed by atoms with Crippen molar-refractivity contribution in [1.29, 1.82) is 0 Å². The third-order valence-corrected chi connectivity index (χ3v) is 9.62. The molecular formula is C25H30N2O4S2. The van der Waals surface area contributed by atoms with E-state index in [9.17, 15) is 8.42 Å². The summed E-state index contributed by atoms with van der Waals surface area (Å²) < 4.78 is 37.2. The third-order valence-electron chi connectivity index (χ3n) is 6.37. The molecule has 1 fully saturated rings. The molecule has 8 heteroatoms. The van der Waals surface area contributed by atoms with Crippen molar-refractivity contribution in [2.75, 3.05) is 32.2 Å². The fraction of sp³-hybridized carbons (Fsp3) is 0.400. The second-order valence-electron chi connectivity index (χ2n) is 8.42. The Bertz CT molecular complexity index is 1210. The number of thiazole rings is 1. The predicted octanol–water partition coefficient (Wildman–Crippen LogP) is 4.81. The van der Waals surface area contributed by atoms with E-state index < -0.39 is 15.1 Å². The summed E-state index contributed by atoms with van der Waals surface area (Å²) in [5, 5.41) is 2.64. The monoisotopic (exact) mass is 486 g/mol. The molecule has 33 heavy (non-hydrogen) atoms. The van der Waals surface area contributed by atoms with E-state index in [-0.39, 0.29) is 4.90 Å². The van der Waals surface area contributed by atoms with Crippen molar-refractivity contribution < 1.29 is 17.9 Å². The molecule has 0 N–H and O–H groups in total. The summed E-state index contributed by atoms with van der Waals surface area (Å²) in [5.41, 5.74) is 4.95. The summed E-state index contributed by atoms with van der Waals surface area (Å²) in [6.45, 7) is 5.61. The lowest BCUT2D eigenvalue weighted by Crippen LogP contribution is -2.39. The van der Waals surface area contributed by atoms with Crippen molar-refractivity contribution in [3.8, 4) is 11.5 Å². The van der Waals surface area contributed by atoms with Crippen molar-refractivity contribution in [3.05, 3.63) is 64.2 Å². The summed E-state index contributed by atoms with van der Waals surface area (Å²) in [5.74, 6) is 0.897. The second-order valence-corrected chi connectivity index (χ2v) is 11.4. The van der Waals surface area contributed by atoms with Gasteiger partial charge in [0.15, 0.2) is 15.0 Å². The molecule has 1 aromatic heterocycles. The van der Waals surface area contributed by atoms with Gasteiger partial charge < -0.3 is 14.4 Å². The van der Waals surface area contributed by atoms with Gasteiger partial charge in [-0.05, 0) is 55.5 Å². The largest absolute Gasteiger partial charge is 0.497 e. The van der Waals surface area contributed by atoms with Crippen LogP contribution in [0.4, 0.5) is 5.13 Å². The van der Waals surface area contributed by atoms with Crippen LogP contribution in [0.3, 0.4) is 0 Å². The molecule has 176 valence electrons. The van der Waals surface area contributed by atoms with Gasteiger partial charge in [-0.1, -0.05) is 18.2 Å². The number of aryl methyl sites for hydroxylation is 2. The van der Waals surface area contributed by atoms with Crippen LogP contribution in [0.2, 0.25) is 0 Å². The molecule has 6 nitrogen and oxygen atoms in total. The van der Waals surface area contributed by atoms with Crippen LogP contribution in [-0.2, 0) is 16.3 Å². The molecule has 0 aliphatic carbocycles. The molecule has 0 saturated carbocycles. The number of anilines is 1. The number of hydrogen-bond acceptors (Lipinski definition) is 7. The van der Waals surface area contributed by atoms with Gasteiger partial charge in [-0.15, -0.1) is 11.3 Å². The molecule has 0 amide bonds. The van der Waals surface area contributed by atoms with Gasteiger partial charge in [-0.25, -0.2) is 13.4 Å². The fourth-order valence-corrected chi connectivity index (χ4v) is 7.13. The van der Waals surface area contributed by atoms with Gasteiger partial charge in [0, 0.05) is 31.0 Å². The molecule has 1 aliphatic heterocycles. The number of hydrogen-bond donors (Lipinski definition) is 0. The molecule has 1 saturated heterocycles. The Hall–Kier alpha value is -2.58. The first kappa shape index (κ1) is 23.6. The Morgan fingerprint density at radius 3 is 2.39 bits per heavy atom. The highest BCUT2D eigenvalue weighted by molar-refractivity contribution is 7.92. The summed E-state index contributed by atoms with van der Waals surface area (Å²) in [6, 6.07) is 11.2. The minimum atomic E-state index is -3.50. The molecule has 0 atom stereocenters. The Balaban J connectivity index is 1.44. The van der Waals surface area contributed by atoms with Gasteiger partial charge in [0.1, 0.15) is 16.4 Å². The number of rotatable bonds is 7. The highest BCUT2D eigenvalue weighted by Crippen LogP contribution is 2.35. The van der Waals surface area contributed by atoms with E-state index in [4.69, 9.17) is 14.5 Å². The Morgan fingerprint density at radius 2 is 1.76 bits per heavy atom. The van der Waals surface area contributed by atoms with Gasteiger partial charge in [0.25, 0.3) is 0 Å². The summed E-state index contributed by atoms with van der Waals surface area (Å²) in [7, 11) is -0.477. The van der Waals surface area contributed by atoms with E-state index >= 15 is 0 Å².